The molecule has 8 nitrogen and oxygen atoms in total. The van der Waals surface area contributed by atoms with Crippen molar-refractivity contribution in [1.82, 2.24) is 15.1 Å². The molecule has 1 N–H and O–H groups in total. The summed E-state index contributed by atoms with van der Waals surface area (Å²) in [6.07, 6.45) is 0.459. The molecule has 1 heterocycles. The Balaban J connectivity index is 1.68. The fourth-order valence-electron chi connectivity index (χ4n) is 4.26. The van der Waals surface area contributed by atoms with Crippen molar-refractivity contribution < 1.29 is 18.0 Å². The Hall–Kier alpha value is -2.62. The molecule has 0 aliphatic carbocycles. The zero-order valence-electron chi connectivity index (χ0n) is 21.5. The average Bonchev–Trinajstić information content (AvgIpc) is 2.84. The Labute approximate surface area is 219 Å². The smallest absolute Gasteiger partial charge is 0.264 e. The number of nitrogens with one attached hydrogen (secondary N) is 1. The highest BCUT2D eigenvalue weighted by atomic mass is 35.5. The minimum atomic E-state index is -3.85. The molecule has 0 spiro atoms. The van der Waals surface area contributed by atoms with Crippen molar-refractivity contribution in [2.24, 2.45) is 0 Å². The van der Waals surface area contributed by atoms with E-state index in [0.717, 1.165) is 18.7 Å². The number of para-hydroxylation sites is 1. The van der Waals surface area contributed by atoms with Crippen LogP contribution < -0.4 is 9.62 Å². The number of hydrogen-bond acceptors (Lipinski definition) is 5. The highest BCUT2D eigenvalue weighted by Gasteiger charge is 2.27. The summed E-state index contributed by atoms with van der Waals surface area (Å²) in [7, 11) is -0.322. The number of piperazine rings is 1. The van der Waals surface area contributed by atoms with Gasteiger partial charge in [0.1, 0.15) is 6.04 Å². The van der Waals surface area contributed by atoms with Gasteiger partial charge in [-0.1, -0.05) is 29.8 Å². The fraction of sp³-hybridized carbons (Fsp3) is 0.462. The van der Waals surface area contributed by atoms with E-state index < -0.39 is 16.1 Å². The van der Waals surface area contributed by atoms with Crippen LogP contribution in [-0.4, -0.2) is 76.3 Å². The summed E-state index contributed by atoms with van der Waals surface area (Å²) < 4.78 is 28.2. The molecule has 1 unspecified atom stereocenters. The Morgan fingerprint density at radius 3 is 2.39 bits per heavy atom. The molecule has 0 radical (unpaired) electrons. The Bertz CT molecular complexity index is 1230. The number of sulfonamides is 1. The number of nitrogens with zero attached hydrogens (tertiary/aromatic N) is 3. The summed E-state index contributed by atoms with van der Waals surface area (Å²) in [5.74, 6) is -0.342. The number of likely N-dealkylation sites (N-methyl/N-ethyl adjacent to an activating group) is 1. The van der Waals surface area contributed by atoms with Gasteiger partial charge in [-0.05, 0) is 69.1 Å². The third-order valence-electron chi connectivity index (χ3n) is 6.61. The van der Waals surface area contributed by atoms with Crippen LogP contribution in [0.25, 0.3) is 0 Å². The van der Waals surface area contributed by atoms with Gasteiger partial charge in [-0.15, -0.1) is 0 Å². The third kappa shape index (κ3) is 6.38. The van der Waals surface area contributed by atoms with Gasteiger partial charge in [0.15, 0.2) is 0 Å². The topological polar surface area (TPSA) is 90.0 Å². The number of hydrogen-bond donors (Lipinski definition) is 1. The van der Waals surface area contributed by atoms with Crippen LogP contribution in [0, 0.1) is 13.8 Å². The number of aryl methyl sites for hydroxylation is 3. The van der Waals surface area contributed by atoms with Crippen LogP contribution in [0.5, 0.6) is 0 Å². The monoisotopic (exact) mass is 534 g/mol. The lowest BCUT2D eigenvalue weighted by Crippen LogP contribution is -2.53. The van der Waals surface area contributed by atoms with Crippen molar-refractivity contribution >= 4 is 39.1 Å². The van der Waals surface area contributed by atoms with Crippen molar-refractivity contribution in [3.05, 3.63) is 58.1 Å². The predicted molar refractivity (Wildman–Crippen MR) is 143 cm³/mol. The van der Waals surface area contributed by atoms with Gasteiger partial charge in [0, 0.05) is 44.7 Å². The first-order valence-electron chi connectivity index (χ1n) is 12.0. The minimum absolute atomic E-state index is 0.0868. The van der Waals surface area contributed by atoms with Crippen LogP contribution in [0.3, 0.4) is 0 Å². The average molecular weight is 535 g/mol. The fourth-order valence-corrected chi connectivity index (χ4v) is 6.00. The molecule has 36 heavy (non-hydrogen) atoms. The Kier molecular flexibility index (Phi) is 9.03. The molecule has 3 rings (SSSR count). The SMILES string of the molecule is Cc1cc(S(=O)(=O)N(C)c2ccccc2CCC(=O)NC(C)C(=O)N2CCN(C)CC2)c(C)cc1Cl. The molecule has 0 saturated carbocycles. The maximum atomic E-state index is 13.5. The van der Waals surface area contributed by atoms with Crippen molar-refractivity contribution in [3.63, 3.8) is 0 Å². The third-order valence-corrected chi connectivity index (χ3v) is 8.93. The molecular formula is C26H35ClN4O4S. The van der Waals surface area contributed by atoms with Crippen LogP contribution in [-0.2, 0) is 26.0 Å². The van der Waals surface area contributed by atoms with Gasteiger partial charge < -0.3 is 15.1 Å². The van der Waals surface area contributed by atoms with Crippen LogP contribution >= 0.6 is 11.6 Å². The van der Waals surface area contributed by atoms with Crippen molar-refractivity contribution in [3.8, 4) is 0 Å². The lowest BCUT2D eigenvalue weighted by atomic mass is 10.1. The van der Waals surface area contributed by atoms with E-state index >= 15 is 0 Å². The molecule has 1 fully saturated rings. The highest BCUT2D eigenvalue weighted by molar-refractivity contribution is 7.92. The first kappa shape index (κ1) is 28.0. The van der Waals surface area contributed by atoms with E-state index in [-0.39, 0.29) is 23.1 Å². The van der Waals surface area contributed by atoms with E-state index in [4.69, 9.17) is 11.6 Å². The summed E-state index contributed by atoms with van der Waals surface area (Å²) >= 11 is 6.16. The molecule has 0 bridgehead atoms. The molecule has 1 saturated heterocycles. The summed E-state index contributed by atoms with van der Waals surface area (Å²) in [5, 5.41) is 3.31. The van der Waals surface area contributed by atoms with E-state index in [2.05, 4.69) is 10.2 Å². The summed E-state index contributed by atoms with van der Waals surface area (Å²) in [6.45, 7) is 8.11. The molecule has 2 amide bonds. The van der Waals surface area contributed by atoms with Gasteiger partial charge in [0.05, 0.1) is 10.6 Å². The largest absolute Gasteiger partial charge is 0.345 e. The molecule has 1 atom stereocenters. The normalized spacial score (nSPS) is 15.4. The quantitative estimate of drug-likeness (QED) is 0.562. The first-order valence-corrected chi connectivity index (χ1v) is 13.8. The maximum absolute atomic E-state index is 13.5. The zero-order chi connectivity index (χ0) is 26.6. The van der Waals surface area contributed by atoms with Gasteiger partial charge >= 0.3 is 0 Å². The second-order valence-electron chi connectivity index (χ2n) is 9.39. The van der Waals surface area contributed by atoms with Gasteiger partial charge in [-0.3, -0.25) is 13.9 Å². The molecule has 1 aliphatic rings. The van der Waals surface area contributed by atoms with Crippen LogP contribution in [0.4, 0.5) is 5.69 Å². The van der Waals surface area contributed by atoms with E-state index in [9.17, 15) is 18.0 Å². The van der Waals surface area contributed by atoms with E-state index in [1.807, 2.05) is 19.2 Å². The van der Waals surface area contributed by atoms with Crippen molar-refractivity contribution in [2.75, 3.05) is 44.6 Å². The lowest BCUT2D eigenvalue weighted by molar-refractivity contribution is -0.137. The van der Waals surface area contributed by atoms with Crippen LogP contribution in [0.2, 0.25) is 5.02 Å². The van der Waals surface area contributed by atoms with Gasteiger partial charge in [-0.25, -0.2) is 8.42 Å². The number of carbonyl (C=O) groups excluding carboxylic acids is 2. The number of rotatable bonds is 8. The Morgan fingerprint density at radius 2 is 1.72 bits per heavy atom. The number of benzene rings is 2. The molecule has 2 aromatic carbocycles. The molecule has 10 heteroatoms. The van der Waals surface area contributed by atoms with Gasteiger partial charge in [-0.2, -0.15) is 0 Å². The second-order valence-corrected chi connectivity index (χ2v) is 11.7. The van der Waals surface area contributed by atoms with Crippen molar-refractivity contribution in [2.45, 2.75) is 44.6 Å². The van der Waals surface area contributed by atoms with E-state index in [0.29, 0.717) is 41.3 Å². The Morgan fingerprint density at radius 1 is 1.08 bits per heavy atom. The minimum Gasteiger partial charge on any atom is -0.345 e. The zero-order valence-corrected chi connectivity index (χ0v) is 23.1. The summed E-state index contributed by atoms with van der Waals surface area (Å²) in [5.41, 5.74) is 2.46. The van der Waals surface area contributed by atoms with E-state index in [1.54, 1.807) is 49.9 Å². The van der Waals surface area contributed by atoms with Gasteiger partial charge in [0.25, 0.3) is 10.0 Å². The van der Waals surface area contributed by atoms with Crippen LogP contribution in [0.1, 0.15) is 30.0 Å². The second kappa shape index (κ2) is 11.6. The number of halogens is 1. The van der Waals surface area contributed by atoms with Gasteiger partial charge in [0.2, 0.25) is 11.8 Å². The molecular weight excluding hydrogens is 500 g/mol. The highest BCUT2D eigenvalue weighted by Crippen LogP contribution is 2.30. The van der Waals surface area contributed by atoms with Crippen molar-refractivity contribution in [1.29, 1.82) is 0 Å². The van der Waals surface area contributed by atoms with E-state index in [1.165, 1.54) is 11.4 Å². The number of carbonyl (C=O) groups is 2. The van der Waals surface area contributed by atoms with Crippen LogP contribution in [0.15, 0.2) is 41.3 Å². The number of amides is 2. The first-order chi connectivity index (χ1) is 16.9. The predicted octanol–water partition coefficient (Wildman–Crippen LogP) is 2.99. The summed E-state index contributed by atoms with van der Waals surface area (Å²) in [6, 6.07) is 9.73. The molecule has 1 aliphatic heterocycles. The molecule has 196 valence electrons. The summed E-state index contributed by atoms with van der Waals surface area (Å²) in [4.78, 5) is 29.5. The standard InChI is InChI=1S/C26H35ClN4O4S/c1-18-17-24(19(2)16-22(18)27)36(34,35)30(5)23-9-7-6-8-21(23)10-11-25(32)28-20(3)26(33)31-14-12-29(4)13-15-31/h6-9,16-17,20H,10-15H2,1-5H3,(H,28,32). The number of anilines is 1. The lowest BCUT2D eigenvalue weighted by Gasteiger charge is -2.34. The maximum Gasteiger partial charge on any atom is 0.264 e. The molecule has 0 aromatic heterocycles. The molecule has 2 aromatic rings.